The van der Waals surface area contributed by atoms with Crippen molar-refractivity contribution >= 4 is 47.0 Å². The molecule has 0 fully saturated rings. The molecule has 3 rings (SSSR count). The van der Waals surface area contributed by atoms with Crippen molar-refractivity contribution in [1.29, 1.82) is 0 Å². The van der Waals surface area contributed by atoms with Gasteiger partial charge in [0, 0.05) is 29.3 Å². The van der Waals surface area contributed by atoms with Crippen LogP contribution in [0.2, 0.25) is 5.02 Å². The molecule has 7 heteroatoms. The maximum absolute atomic E-state index is 9.91. The molecule has 0 amide bonds. The third-order valence-corrected chi connectivity index (χ3v) is 4.19. The summed E-state index contributed by atoms with van der Waals surface area (Å²) in [6.07, 6.45) is 6.11. The number of H-pyrrole nitrogens is 1. The lowest BCUT2D eigenvalue weighted by molar-refractivity contribution is 0.453. The van der Waals surface area contributed by atoms with E-state index in [1.807, 2.05) is 6.07 Å². The topological polar surface area (TPSA) is 74.2 Å². The molecule has 2 N–H and O–H groups in total. The van der Waals surface area contributed by atoms with E-state index in [-0.39, 0.29) is 5.88 Å². The first-order valence-electron chi connectivity index (χ1n) is 6.51. The summed E-state index contributed by atoms with van der Waals surface area (Å²) in [6.45, 7) is 2.10. The van der Waals surface area contributed by atoms with Gasteiger partial charge in [0.1, 0.15) is 5.69 Å². The van der Waals surface area contributed by atoms with E-state index >= 15 is 0 Å². The first-order valence-corrected chi connectivity index (χ1v) is 7.87. The lowest BCUT2D eigenvalue weighted by atomic mass is 10.1. The van der Waals surface area contributed by atoms with Crippen molar-refractivity contribution < 1.29 is 5.11 Å². The Morgan fingerprint density at radius 3 is 3.14 bits per heavy atom. The first kappa shape index (κ1) is 14.2. The summed E-state index contributed by atoms with van der Waals surface area (Å²) in [5.41, 5.74) is 2.24. The number of halogens is 1. The van der Waals surface area contributed by atoms with Crippen LogP contribution in [0.1, 0.15) is 24.6 Å². The molecule has 108 valence electrons. The summed E-state index contributed by atoms with van der Waals surface area (Å²) in [4.78, 5) is 15.6. The van der Waals surface area contributed by atoms with Gasteiger partial charge in [0.05, 0.1) is 5.02 Å². The Balaban J connectivity index is 1.92. The number of imidazole rings is 1. The second kappa shape index (κ2) is 5.91. The molecule has 3 heterocycles. The van der Waals surface area contributed by atoms with Crippen LogP contribution >= 0.6 is 23.4 Å². The van der Waals surface area contributed by atoms with Gasteiger partial charge in [-0.1, -0.05) is 30.3 Å². The van der Waals surface area contributed by atoms with E-state index in [1.54, 1.807) is 30.2 Å². The van der Waals surface area contributed by atoms with Gasteiger partial charge in [-0.25, -0.2) is 9.98 Å². The minimum absolute atomic E-state index is 0.0158. The van der Waals surface area contributed by atoms with E-state index < -0.39 is 0 Å². The number of allylic oxidation sites excluding steroid dienone is 1. The van der Waals surface area contributed by atoms with E-state index in [0.29, 0.717) is 21.7 Å². The number of aromatic nitrogens is 3. The molecule has 0 aliphatic carbocycles. The van der Waals surface area contributed by atoms with Crippen LogP contribution in [0, 0.1) is 0 Å². The van der Waals surface area contributed by atoms with Gasteiger partial charge >= 0.3 is 0 Å². The van der Waals surface area contributed by atoms with Crippen molar-refractivity contribution in [3.8, 4) is 5.88 Å². The number of rotatable bonds is 4. The predicted molar refractivity (Wildman–Crippen MR) is 86.5 cm³/mol. The van der Waals surface area contributed by atoms with Crippen LogP contribution in [0.4, 0.5) is 5.82 Å². The molecule has 1 aliphatic rings. The Kier molecular flexibility index (Phi) is 3.98. The molecule has 2 aromatic rings. The third kappa shape index (κ3) is 2.96. The van der Waals surface area contributed by atoms with E-state index in [1.165, 1.54) is 0 Å². The van der Waals surface area contributed by atoms with Crippen molar-refractivity contribution in [2.24, 2.45) is 4.99 Å². The highest BCUT2D eigenvalue weighted by molar-refractivity contribution is 7.99. The number of hydrogen-bond acceptors (Lipinski definition) is 5. The summed E-state index contributed by atoms with van der Waals surface area (Å²) in [5, 5.41) is 11.2. The highest BCUT2D eigenvalue weighted by Crippen LogP contribution is 2.33. The molecular formula is C14H13ClN4OS. The quantitative estimate of drug-likeness (QED) is 0.837. The molecule has 0 saturated heterocycles. The van der Waals surface area contributed by atoms with Crippen LogP contribution in [-0.2, 0) is 0 Å². The van der Waals surface area contributed by atoms with Crippen LogP contribution in [0.25, 0.3) is 11.6 Å². The van der Waals surface area contributed by atoms with E-state index in [0.717, 1.165) is 23.3 Å². The van der Waals surface area contributed by atoms with Crippen molar-refractivity contribution in [2.75, 3.05) is 5.75 Å². The third-order valence-electron chi connectivity index (χ3n) is 2.90. The number of aromatic amines is 1. The minimum atomic E-state index is -0.0158. The van der Waals surface area contributed by atoms with E-state index in [2.05, 4.69) is 26.9 Å². The summed E-state index contributed by atoms with van der Waals surface area (Å²) >= 11 is 7.54. The van der Waals surface area contributed by atoms with Gasteiger partial charge in [0.15, 0.2) is 11.0 Å². The van der Waals surface area contributed by atoms with Gasteiger partial charge in [-0.3, -0.25) is 0 Å². The number of aliphatic imine (C=N–C) groups is 1. The Labute approximate surface area is 131 Å². The largest absolute Gasteiger partial charge is 0.492 e. The standard InChI is InChI=1S/C14H13ClN4OS/c1-2-3-21-14-18-11(13(20)19-14)4-8-6-16-12-10(8)5-9(15)7-17-12/h4-7,20H,2-3H2,1H3,(H,18,19). The zero-order valence-electron chi connectivity index (χ0n) is 11.3. The second-order valence-electron chi connectivity index (χ2n) is 4.51. The smallest absolute Gasteiger partial charge is 0.237 e. The van der Waals surface area contributed by atoms with Gasteiger partial charge in [-0.15, -0.1) is 0 Å². The molecule has 0 saturated carbocycles. The molecule has 2 aromatic heterocycles. The SMILES string of the molecule is CCCSc1nc(O)c(C=C2C=Nc3ncc(Cl)cc32)[nH]1. The molecule has 0 radical (unpaired) electrons. The minimum Gasteiger partial charge on any atom is -0.492 e. The monoisotopic (exact) mass is 320 g/mol. The molecule has 0 atom stereocenters. The molecular weight excluding hydrogens is 308 g/mol. The van der Waals surface area contributed by atoms with Crippen LogP contribution in [0.15, 0.2) is 22.4 Å². The highest BCUT2D eigenvalue weighted by atomic mass is 35.5. The van der Waals surface area contributed by atoms with Crippen molar-refractivity contribution in [1.82, 2.24) is 15.0 Å². The molecule has 0 unspecified atom stereocenters. The number of pyridine rings is 1. The van der Waals surface area contributed by atoms with Crippen molar-refractivity contribution in [2.45, 2.75) is 18.5 Å². The average Bonchev–Trinajstić information content (AvgIpc) is 3.01. The van der Waals surface area contributed by atoms with Gasteiger partial charge in [0.2, 0.25) is 5.88 Å². The summed E-state index contributed by atoms with van der Waals surface area (Å²) < 4.78 is 0. The van der Waals surface area contributed by atoms with Gasteiger partial charge in [-0.05, 0) is 18.6 Å². The van der Waals surface area contributed by atoms with Crippen molar-refractivity contribution in [3.63, 3.8) is 0 Å². The maximum atomic E-state index is 9.91. The van der Waals surface area contributed by atoms with Crippen molar-refractivity contribution in [3.05, 3.63) is 28.5 Å². The number of nitrogens with zero attached hydrogens (tertiary/aromatic N) is 3. The molecule has 0 aromatic carbocycles. The van der Waals surface area contributed by atoms with Crippen LogP contribution in [-0.4, -0.2) is 32.0 Å². The molecule has 0 spiro atoms. The zero-order chi connectivity index (χ0) is 14.8. The summed E-state index contributed by atoms with van der Waals surface area (Å²) in [6, 6.07) is 1.81. The predicted octanol–water partition coefficient (Wildman–Crippen LogP) is 3.92. The average molecular weight is 321 g/mol. The molecule has 21 heavy (non-hydrogen) atoms. The van der Waals surface area contributed by atoms with Crippen LogP contribution in [0.3, 0.4) is 0 Å². The fraction of sp³-hybridized carbons (Fsp3) is 0.214. The molecule has 5 nitrogen and oxygen atoms in total. The lowest BCUT2D eigenvalue weighted by Gasteiger charge is -1.99. The summed E-state index contributed by atoms with van der Waals surface area (Å²) in [5.74, 6) is 1.57. The Bertz CT molecular complexity index is 739. The fourth-order valence-corrected chi connectivity index (χ4v) is 2.83. The fourth-order valence-electron chi connectivity index (χ4n) is 1.94. The van der Waals surface area contributed by atoms with E-state index in [9.17, 15) is 5.11 Å². The van der Waals surface area contributed by atoms with Gasteiger partial charge < -0.3 is 10.1 Å². The normalized spacial score (nSPS) is 14.9. The summed E-state index contributed by atoms with van der Waals surface area (Å²) in [7, 11) is 0. The molecule has 1 aliphatic heterocycles. The number of thioether (sulfide) groups is 1. The van der Waals surface area contributed by atoms with Gasteiger partial charge in [0.25, 0.3) is 0 Å². The van der Waals surface area contributed by atoms with E-state index in [4.69, 9.17) is 11.6 Å². The number of aromatic hydroxyl groups is 1. The van der Waals surface area contributed by atoms with Gasteiger partial charge in [-0.2, -0.15) is 4.98 Å². The van der Waals surface area contributed by atoms with Crippen LogP contribution in [0.5, 0.6) is 5.88 Å². The Morgan fingerprint density at radius 1 is 1.48 bits per heavy atom. The Morgan fingerprint density at radius 2 is 2.33 bits per heavy atom. The number of nitrogens with one attached hydrogen (secondary N) is 1. The molecule has 0 bridgehead atoms. The number of hydrogen-bond donors (Lipinski definition) is 2. The number of fused-ring (bicyclic) bond motifs is 1. The Hall–Kier alpha value is -1.79. The first-order chi connectivity index (χ1) is 10.2. The second-order valence-corrected chi connectivity index (χ2v) is 6.03. The van der Waals surface area contributed by atoms with Crippen LogP contribution < -0.4 is 0 Å². The highest BCUT2D eigenvalue weighted by Gasteiger charge is 2.16. The zero-order valence-corrected chi connectivity index (χ0v) is 12.9. The lowest BCUT2D eigenvalue weighted by Crippen LogP contribution is -1.84. The maximum Gasteiger partial charge on any atom is 0.237 e.